The molecule has 1 heterocycles. The molecule has 1 saturated heterocycles. The van der Waals surface area contributed by atoms with E-state index in [0.717, 1.165) is 12.8 Å². The molecule has 2 aliphatic rings. The van der Waals surface area contributed by atoms with Gasteiger partial charge in [0.2, 0.25) is 0 Å². The average Bonchev–Trinajstić information content (AvgIpc) is 2.72. The van der Waals surface area contributed by atoms with Crippen LogP contribution in [0.2, 0.25) is 5.02 Å². The molecule has 1 N–H and O–H groups in total. The second-order valence-corrected chi connectivity index (χ2v) is 6.96. The summed E-state index contributed by atoms with van der Waals surface area (Å²) in [4.78, 5) is 14.4. The second kappa shape index (κ2) is 5.74. The molecule has 0 aromatic heterocycles. The van der Waals surface area contributed by atoms with Gasteiger partial charge in [-0.15, -0.1) is 0 Å². The van der Waals surface area contributed by atoms with Crippen LogP contribution in [0.15, 0.2) is 18.2 Å². The van der Waals surface area contributed by atoms with Crippen LogP contribution in [0.4, 0.5) is 0 Å². The second-order valence-electron chi connectivity index (χ2n) is 6.56. The first-order chi connectivity index (χ1) is 10.5. The molecule has 1 aromatic carbocycles. The largest absolute Gasteiger partial charge is 0.495 e. The molecule has 1 saturated carbocycles. The van der Waals surface area contributed by atoms with Crippen LogP contribution in [0.1, 0.15) is 36.5 Å². The number of benzene rings is 1. The Labute approximate surface area is 136 Å². The molecular formula is C17H22ClNO3. The smallest absolute Gasteiger partial charge is 0.254 e. The zero-order valence-electron chi connectivity index (χ0n) is 13.0. The summed E-state index contributed by atoms with van der Waals surface area (Å²) in [5.74, 6) is 0.917. The molecule has 1 aliphatic heterocycles. The Morgan fingerprint density at radius 3 is 2.73 bits per heavy atom. The molecule has 2 atom stereocenters. The van der Waals surface area contributed by atoms with Gasteiger partial charge in [-0.3, -0.25) is 4.79 Å². The van der Waals surface area contributed by atoms with Gasteiger partial charge in [-0.05, 0) is 37.0 Å². The first-order valence-electron chi connectivity index (χ1n) is 7.81. The molecule has 1 amide bonds. The van der Waals surface area contributed by atoms with Gasteiger partial charge in [0.1, 0.15) is 5.75 Å². The number of hydrogen-bond donors (Lipinski definition) is 1. The third-order valence-corrected chi connectivity index (χ3v) is 5.59. The first-order valence-corrected chi connectivity index (χ1v) is 8.18. The van der Waals surface area contributed by atoms with Crippen LogP contribution in [0.5, 0.6) is 5.75 Å². The maximum Gasteiger partial charge on any atom is 0.254 e. The zero-order chi connectivity index (χ0) is 15.9. The Morgan fingerprint density at radius 1 is 1.45 bits per heavy atom. The highest BCUT2D eigenvalue weighted by atomic mass is 35.5. The average molecular weight is 324 g/mol. The summed E-state index contributed by atoms with van der Waals surface area (Å²) in [5, 5.41) is 11.4. The van der Waals surface area contributed by atoms with Gasteiger partial charge < -0.3 is 14.7 Å². The zero-order valence-corrected chi connectivity index (χ0v) is 13.8. The third-order valence-electron chi connectivity index (χ3n) is 5.29. The normalized spacial score (nSPS) is 28.5. The minimum atomic E-state index is -0.732. The standard InChI is InChI=1S/C17H22ClNO3/c1-11-9-19(10-17(11,21)13-4-3-5-13)16(20)12-6-7-15(22-2)14(18)8-12/h6-8,11,13,21H,3-5,9-10H2,1-2H3. The van der Waals surface area contributed by atoms with Crippen LogP contribution in [-0.4, -0.2) is 41.7 Å². The Kier molecular flexibility index (Phi) is 4.08. The van der Waals surface area contributed by atoms with Crippen molar-refractivity contribution >= 4 is 17.5 Å². The van der Waals surface area contributed by atoms with Crippen LogP contribution in [0.3, 0.4) is 0 Å². The Bertz CT molecular complexity index is 587. The van der Waals surface area contributed by atoms with Crippen LogP contribution in [0.25, 0.3) is 0 Å². The Hall–Kier alpha value is -1.26. The highest BCUT2D eigenvalue weighted by Crippen LogP contribution is 2.44. The SMILES string of the molecule is COc1ccc(C(=O)N2CC(C)C(O)(C3CCC3)C2)cc1Cl. The topological polar surface area (TPSA) is 49.8 Å². The number of amides is 1. The maximum absolute atomic E-state index is 12.7. The van der Waals surface area contributed by atoms with Gasteiger partial charge in [-0.25, -0.2) is 0 Å². The summed E-state index contributed by atoms with van der Waals surface area (Å²) >= 11 is 6.10. The lowest BCUT2D eigenvalue weighted by molar-refractivity contribution is -0.0660. The minimum absolute atomic E-state index is 0.0772. The van der Waals surface area contributed by atoms with Crippen molar-refractivity contribution in [2.75, 3.05) is 20.2 Å². The van der Waals surface area contributed by atoms with Gasteiger partial charge in [-0.1, -0.05) is 24.9 Å². The Balaban J connectivity index is 1.77. The molecule has 2 fully saturated rings. The summed E-state index contributed by atoms with van der Waals surface area (Å²) < 4.78 is 5.11. The van der Waals surface area contributed by atoms with E-state index in [9.17, 15) is 9.90 Å². The summed E-state index contributed by atoms with van der Waals surface area (Å²) in [6.45, 7) is 3.05. The van der Waals surface area contributed by atoms with Crippen molar-refractivity contribution in [1.29, 1.82) is 0 Å². The third kappa shape index (κ3) is 2.48. The number of nitrogens with zero attached hydrogens (tertiary/aromatic N) is 1. The molecule has 0 bridgehead atoms. The van der Waals surface area contributed by atoms with Gasteiger partial charge in [-0.2, -0.15) is 0 Å². The van der Waals surface area contributed by atoms with Crippen molar-refractivity contribution in [2.24, 2.45) is 11.8 Å². The Morgan fingerprint density at radius 2 is 2.18 bits per heavy atom. The van der Waals surface area contributed by atoms with Crippen LogP contribution in [-0.2, 0) is 0 Å². The van der Waals surface area contributed by atoms with E-state index in [2.05, 4.69) is 0 Å². The number of aliphatic hydroxyl groups is 1. The first kappa shape index (κ1) is 15.6. The fourth-order valence-corrected chi connectivity index (χ4v) is 3.85. The van der Waals surface area contributed by atoms with Crippen molar-refractivity contribution < 1.29 is 14.6 Å². The molecule has 2 unspecified atom stereocenters. The molecule has 1 aliphatic carbocycles. The van der Waals surface area contributed by atoms with E-state index in [1.165, 1.54) is 6.42 Å². The van der Waals surface area contributed by atoms with Crippen LogP contribution >= 0.6 is 11.6 Å². The minimum Gasteiger partial charge on any atom is -0.495 e. The fraction of sp³-hybridized carbons (Fsp3) is 0.588. The number of carbonyl (C=O) groups excluding carboxylic acids is 1. The number of hydrogen-bond acceptors (Lipinski definition) is 3. The van der Waals surface area contributed by atoms with Crippen LogP contribution < -0.4 is 4.74 Å². The van der Waals surface area contributed by atoms with Gasteiger partial charge in [0.05, 0.1) is 24.3 Å². The summed E-state index contributed by atoms with van der Waals surface area (Å²) in [6.07, 6.45) is 3.32. The summed E-state index contributed by atoms with van der Waals surface area (Å²) in [6, 6.07) is 5.06. The van der Waals surface area contributed by atoms with E-state index in [-0.39, 0.29) is 11.8 Å². The number of ether oxygens (including phenoxy) is 1. The number of β-amino-alcohol motifs (C(OH)–C–C–N with tert-alkyl or cyclic N) is 1. The quantitative estimate of drug-likeness (QED) is 0.930. The monoisotopic (exact) mass is 323 g/mol. The lowest BCUT2D eigenvalue weighted by Crippen LogP contribution is -2.48. The van der Waals surface area contributed by atoms with Crippen molar-refractivity contribution in [1.82, 2.24) is 4.90 Å². The lowest BCUT2D eigenvalue weighted by atomic mass is 9.69. The van der Waals surface area contributed by atoms with E-state index in [4.69, 9.17) is 16.3 Å². The summed E-state index contributed by atoms with van der Waals surface area (Å²) in [7, 11) is 1.55. The molecule has 5 heteroatoms. The van der Waals surface area contributed by atoms with Gasteiger partial charge in [0, 0.05) is 18.0 Å². The molecular weight excluding hydrogens is 302 g/mol. The number of methoxy groups -OCH3 is 1. The van der Waals surface area contributed by atoms with E-state index in [1.54, 1.807) is 30.2 Å². The number of likely N-dealkylation sites (tertiary alicyclic amines) is 1. The van der Waals surface area contributed by atoms with Crippen molar-refractivity contribution in [3.63, 3.8) is 0 Å². The van der Waals surface area contributed by atoms with Gasteiger partial charge in [0.15, 0.2) is 0 Å². The number of halogens is 1. The molecule has 0 radical (unpaired) electrons. The molecule has 120 valence electrons. The van der Waals surface area contributed by atoms with Gasteiger partial charge in [0.25, 0.3) is 5.91 Å². The highest BCUT2D eigenvalue weighted by Gasteiger charge is 2.51. The van der Waals surface area contributed by atoms with Crippen LogP contribution in [0, 0.1) is 11.8 Å². The number of rotatable bonds is 3. The van der Waals surface area contributed by atoms with Crippen molar-refractivity contribution in [3.8, 4) is 5.75 Å². The fourth-order valence-electron chi connectivity index (χ4n) is 3.59. The lowest BCUT2D eigenvalue weighted by Gasteiger charge is -2.41. The van der Waals surface area contributed by atoms with E-state index in [0.29, 0.717) is 35.3 Å². The molecule has 4 nitrogen and oxygen atoms in total. The predicted octanol–water partition coefficient (Wildman–Crippen LogP) is 2.97. The highest BCUT2D eigenvalue weighted by molar-refractivity contribution is 6.32. The van der Waals surface area contributed by atoms with E-state index >= 15 is 0 Å². The predicted molar refractivity (Wildman–Crippen MR) is 85.4 cm³/mol. The molecule has 0 spiro atoms. The van der Waals surface area contributed by atoms with Gasteiger partial charge >= 0.3 is 0 Å². The molecule has 3 rings (SSSR count). The van der Waals surface area contributed by atoms with Crippen molar-refractivity contribution in [2.45, 2.75) is 31.8 Å². The molecule has 1 aromatic rings. The molecule has 22 heavy (non-hydrogen) atoms. The maximum atomic E-state index is 12.7. The number of carbonyl (C=O) groups is 1. The van der Waals surface area contributed by atoms with E-state index < -0.39 is 5.60 Å². The van der Waals surface area contributed by atoms with E-state index in [1.807, 2.05) is 6.92 Å². The summed E-state index contributed by atoms with van der Waals surface area (Å²) in [5.41, 5.74) is -0.194. The van der Waals surface area contributed by atoms with Crippen molar-refractivity contribution in [3.05, 3.63) is 28.8 Å².